The first-order valence-electron chi connectivity index (χ1n) is 8.92. The van der Waals surface area contributed by atoms with Gasteiger partial charge < -0.3 is 5.32 Å². The third kappa shape index (κ3) is 5.42. The van der Waals surface area contributed by atoms with Crippen LogP contribution in [0.25, 0.3) is 0 Å². The number of aryl methyl sites for hydroxylation is 1. The highest BCUT2D eigenvalue weighted by Crippen LogP contribution is 2.22. The molecule has 0 aliphatic rings. The smallest absolute Gasteiger partial charge is 0.255 e. The van der Waals surface area contributed by atoms with Gasteiger partial charge in [0.25, 0.3) is 5.91 Å². The second kappa shape index (κ2) is 8.45. The summed E-state index contributed by atoms with van der Waals surface area (Å²) in [5, 5.41) is 2.61. The predicted octanol–water partition coefficient (Wildman–Crippen LogP) is 4.35. The van der Waals surface area contributed by atoms with Gasteiger partial charge in [-0.05, 0) is 55.0 Å². The first kappa shape index (κ1) is 20.5. The Kier molecular flexibility index (Phi) is 5.98. The predicted molar refractivity (Wildman–Crippen MR) is 113 cm³/mol. The van der Waals surface area contributed by atoms with Crippen LogP contribution in [0.4, 0.5) is 15.8 Å². The van der Waals surface area contributed by atoms with Gasteiger partial charge in [0.05, 0.1) is 18.5 Å². The fraction of sp³-hybridized carbons (Fsp3) is 0.136. The third-order valence-electron chi connectivity index (χ3n) is 4.35. The van der Waals surface area contributed by atoms with Crippen molar-refractivity contribution in [2.75, 3.05) is 15.9 Å². The molecule has 0 saturated heterocycles. The van der Waals surface area contributed by atoms with Gasteiger partial charge in [0, 0.05) is 11.3 Å². The summed E-state index contributed by atoms with van der Waals surface area (Å²) in [4.78, 5) is 12.4. The molecule has 3 aromatic rings. The highest BCUT2D eigenvalue weighted by molar-refractivity contribution is 7.92. The van der Waals surface area contributed by atoms with Gasteiger partial charge in [0.2, 0.25) is 10.0 Å². The minimum atomic E-state index is -3.52. The van der Waals surface area contributed by atoms with Gasteiger partial charge in [0.15, 0.2) is 0 Å². The van der Waals surface area contributed by atoms with Crippen LogP contribution in [-0.2, 0) is 16.6 Å². The number of hydrogen-bond donors (Lipinski definition) is 1. The van der Waals surface area contributed by atoms with Gasteiger partial charge in [-0.1, -0.05) is 35.9 Å². The molecule has 5 nitrogen and oxygen atoms in total. The van der Waals surface area contributed by atoms with Crippen molar-refractivity contribution >= 4 is 27.3 Å². The van der Waals surface area contributed by atoms with Gasteiger partial charge in [-0.25, -0.2) is 12.8 Å². The lowest BCUT2D eigenvalue weighted by molar-refractivity contribution is 0.102. The zero-order valence-corrected chi connectivity index (χ0v) is 16.9. The number of amides is 1. The maximum absolute atomic E-state index is 13.3. The second-order valence-electron chi connectivity index (χ2n) is 6.77. The molecule has 0 heterocycles. The summed E-state index contributed by atoms with van der Waals surface area (Å²) in [6.45, 7) is 2.15. The highest BCUT2D eigenvalue weighted by Gasteiger charge is 2.18. The van der Waals surface area contributed by atoms with E-state index in [1.807, 2.05) is 31.2 Å². The summed E-state index contributed by atoms with van der Waals surface area (Å²) in [5.74, 6) is -0.857. The molecule has 3 rings (SSSR count). The lowest BCUT2D eigenvalue weighted by atomic mass is 10.1. The standard InChI is InChI=1S/C22H21FN2O3S/c1-16-6-8-17(9-7-16)15-25(29(2,27)28)21-12-10-18(11-13-21)22(26)24-20-5-3-4-19(23)14-20/h3-14H,15H2,1-2H3,(H,24,26). The van der Waals surface area contributed by atoms with E-state index in [-0.39, 0.29) is 6.54 Å². The van der Waals surface area contributed by atoms with Crippen LogP contribution in [0.2, 0.25) is 0 Å². The molecule has 0 fully saturated rings. The molecule has 0 aromatic heterocycles. The summed E-state index contributed by atoms with van der Waals surface area (Å²) in [7, 11) is -3.52. The molecular weight excluding hydrogens is 391 g/mol. The number of sulfonamides is 1. The second-order valence-corrected chi connectivity index (χ2v) is 8.67. The summed E-state index contributed by atoms with van der Waals surface area (Å²) in [6.07, 6.45) is 1.14. The summed E-state index contributed by atoms with van der Waals surface area (Å²) in [6, 6.07) is 19.5. The summed E-state index contributed by atoms with van der Waals surface area (Å²) < 4.78 is 39.2. The average Bonchev–Trinajstić information content (AvgIpc) is 2.67. The van der Waals surface area contributed by atoms with Crippen molar-refractivity contribution in [3.8, 4) is 0 Å². The van der Waals surface area contributed by atoms with Crippen LogP contribution < -0.4 is 9.62 Å². The Morgan fingerprint density at radius 2 is 1.66 bits per heavy atom. The minimum Gasteiger partial charge on any atom is -0.322 e. The molecule has 1 N–H and O–H groups in total. The first-order chi connectivity index (χ1) is 13.7. The number of carbonyl (C=O) groups is 1. The highest BCUT2D eigenvalue weighted by atomic mass is 32.2. The zero-order chi connectivity index (χ0) is 21.0. The van der Waals surface area contributed by atoms with Gasteiger partial charge in [-0.3, -0.25) is 9.10 Å². The van der Waals surface area contributed by atoms with Crippen molar-refractivity contribution in [3.05, 3.63) is 95.3 Å². The Balaban J connectivity index is 1.80. The Morgan fingerprint density at radius 1 is 1.00 bits per heavy atom. The van der Waals surface area contributed by atoms with Crippen LogP contribution in [0.5, 0.6) is 0 Å². The van der Waals surface area contributed by atoms with Gasteiger partial charge in [-0.15, -0.1) is 0 Å². The Labute approximate surface area is 169 Å². The van der Waals surface area contributed by atoms with Crippen molar-refractivity contribution in [1.82, 2.24) is 0 Å². The largest absolute Gasteiger partial charge is 0.322 e. The number of rotatable bonds is 6. The Hall–Kier alpha value is -3.19. The van der Waals surface area contributed by atoms with Crippen LogP contribution in [0.3, 0.4) is 0 Å². The number of nitrogens with one attached hydrogen (secondary N) is 1. The van der Waals surface area contributed by atoms with E-state index in [2.05, 4.69) is 5.32 Å². The molecule has 0 radical (unpaired) electrons. The van der Waals surface area contributed by atoms with E-state index in [0.717, 1.165) is 17.4 Å². The van der Waals surface area contributed by atoms with E-state index >= 15 is 0 Å². The van der Waals surface area contributed by atoms with Crippen LogP contribution in [0.1, 0.15) is 21.5 Å². The number of nitrogens with zero attached hydrogens (tertiary/aromatic N) is 1. The molecule has 0 aliphatic carbocycles. The SMILES string of the molecule is Cc1ccc(CN(c2ccc(C(=O)Nc3cccc(F)c3)cc2)S(C)(=O)=O)cc1. The quantitative estimate of drug-likeness (QED) is 0.654. The van der Waals surface area contributed by atoms with E-state index in [4.69, 9.17) is 0 Å². The summed E-state index contributed by atoms with van der Waals surface area (Å²) >= 11 is 0. The average molecular weight is 412 g/mol. The molecule has 0 atom stereocenters. The van der Waals surface area contributed by atoms with Crippen LogP contribution >= 0.6 is 0 Å². The van der Waals surface area contributed by atoms with Crippen molar-refractivity contribution in [2.45, 2.75) is 13.5 Å². The fourth-order valence-corrected chi connectivity index (χ4v) is 3.70. The van der Waals surface area contributed by atoms with Crippen LogP contribution in [0, 0.1) is 12.7 Å². The van der Waals surface area contributed by atoms with Gasteiger partial charge in [-0.2, -0.15) is 0 Å². The van der Waals surface area contributed by atoms with Crippen molar-refractivity contribution in [2.24, 2.45) is 0 Å². The minimum absolute atomic E-state index is 0.188. The maximum atomic E-state index is 13.3. The number of halogens is 1. The zero-order valence-electron chi connectivity index (χ0n) is 16.1. The molecular formula is C22H21FN2O3S. The van der Waals surface area contributed by atoms with Crippen molar-refractivity contribution < 1.29 is 17.6 Å². The Bertz CT molecular complexity index is 1110. The number of hydrogen-bond acceptors (Lipinski definition) is 3. The molecule has 0 spiro atoms. The topological polar surface area (TPSA) is 66.5 Å². The molecule has 1 amide bonds. The van der Waals surface area contributed by atoms with Gasteiger partial charge in [0.1, 0.15) is 5.82 Å². The molecule has 3 aromatic carbocycles. The van der Waals surface area contributed by atoms with E-state index in [1.165, 1.54) is 34.6 Å². The van der Waals surface area contributed by atoms with Crippen LogP contribution in [0.15, 0.2) is 72.8 Å². The molecule has 0 aliphatic heterocycles. The molecule has 29 heavy (non-hydrogen) atoms. The molecule has 0 saturated carbocycles. The first-order valence-corrected chi connectivity index (χ1v) is 10.8. The molecule has 7 heteroatoms. The van der Waals surface area contributed by atoms with Gasteiger partial charge >= 0.3 is 0 Å². The monoisotopic (exact) mass is 412 g/mol. The van der Waals surface area contributed by atoms with E-state index in [1.54, 1.807) is 18.2 Å². The number of anilines is 2. The van der Waals surface area contributed by atoms with E-state index in [9.17, 15) is 17.6 Å². The molecule has 0 bridgehead atoms. The van der Waals surface area contributed by atoms with Crippen molar-refractivity contribution in [1.29, 1.82) is 0 Å². The Morgan fingerprint density at radius 3 is 2.24 bits per heavy atom. The normalized spacial score (nSPS) is 11.1. The van der Waals surface area contributed by atoms with Crippen molar-refractivity contribution in [3.63, 3.8) is 0 Å². The number of benzene rings is 3. The molecule has 0 unspecified atom stereocenters. The maximum Gasteiger partial charge on any atom is 0.255 e. The van der Waals surface area contributed by atoms with E-state index in [0.29, 0.717) is 16.9 Å². The van der Waals surface area contributed by atoms with Crippen LogP contribution in [-0.4, -0.2) is 20.6 Å². The van der Waals surface area contributed by atoms with E-state index < -0.39 is 21.7 Å². The fourth-order valence-electron chi connectivity index (χ4n) is 2.81. The lowest BCUT2D eigenvalue weighted by Crippen LogP contribution is -2.29. The number of carbonyl (C=O) groups excluding carboxylic acids is 1. The third-order valence-corrected chi connectivity index (χ3v) is 5.49. The molecule has 150 valence electrons. The lowest BCUT2D eigenvalue weighted by Gasteiger charge is -2.23. The summed E-state index contributed by atoms with van der Waals surface area (Å²) in [5.41, 5.74) is 3.08.